The second-order valence-corrected chi connectivity index (χ2v) is 12.0. The molecule has 12 heteroatoms. The summed E-state index contributed by atoms with van der Waals surface area (Å²) < 4.78 is 17.3. The molecular weight excluding hydrogens is 544 g/mol. The lowest BCUT2D eigenvalue weighted by molar-refractivity contribution is -0.143. The Labute approximate surface area is 242 Å². The highest BCUT2D eigenvalue weighted by Crippen LogP contribution is 2.36. The normalized spacial score (nSPS) is 14.0. The van der Waals surface area contributed by atoms with Crippen LogP contribution in [0.4, 0.5) is 10.6 Å². The third-order valence-electron chi connectivity index (χ3n) is 6.55. The molecule has 1 aliphatic heterocycles. The van der Waals surface area contributed by atoms with Crippen LogP contribution in [0.15, 0.2) is 30.5 Å². The highest BCUT2D eigenvalue weighted by Gasteiger charge is 2.25. The molecule has 0 unspecified atom stereocenters. The van der Waals surface area contributed by atoms with Crippen LogP contribution < -0.4 is 4.90 Å². The molecular formula is C29H36N6O5S. The van der Waals surface area contributed by atoms with Gasteiger partial charge in [0.15, 0.2) is 11.6 Å². The summed E-state index contributed by atoms with van der Waals surface area (Å²) in [6.45, 7) is 11.0. The van der Waals surface area contributed by atoms with Crippen LogP contribution in [-0.4, -0.2) is 82.2 Å². The minimum Gasteiger partial charge on any atom is -0.466 e. The van der Waals surface area contributed by atoms with Gasteiger partial charge in [0.25, 0.3) is 0 Å². The van der Waals surface area contributed by atoms with Crippen molar-refractivity contribution in [2.45, 2.75) is 52.7 Å². The number of carbonyl (C=O) groups is 2. The van der Waals surface area contributed by atoms with E-state index in [1.165, 1.54) is 0 Å². The van der Waals surface area contributed by atoms with E-state index in [4.69, 9.17) is 24.2 Å². The third kappa shape index (κ3) is 6.94. The zero-order valence-corrected chi connectivity index (χ0v) is 24.8. The van der Waals surface area contributed by atoms with Crippen molar-refractivity contribution in [3.63, 3.8) is 0 Å². The van der Waals surface area contributed by atoms with E-state index in [1.807, 2.05) is 45.0 Å². The summed E-state index contributed by atoms with van der Waals surface area (Å²) in [5, 5.41) is 8.17. The van der Waals surface area contributed by atoms with Gasteiger partial charge in [-0.2, -0.15) is 5.10 Å². The van der Waals surface area contributed by atoms with Gasteiger partial charge in [0, 0.05) is 41.9 Å². The number of hydrogen-bond donors (Lipinski definition) is 1. The monoisotopic (exact) mass is 580 g/mol. The summed E-state index contributed by atoms with van der Waals surface area (Å²) >= 11 is 1.57. The van der Waals surface area contributed by atoms with E-state index < -0.39 is 11.7 Å². The van der Waals surface area contributed by atoms with Gasteiger partial charge in [0.1, 0.15) is 5.60 Å². The van der Waals surface area contributed by atoms with Crippen molar-refractivity contribution in [3.8, 4) is 11.4 Å². The van der Waals surface area contributed by atoms with Crippen molar-refractivity contribution in [2.75, 3.05) is 44.4 Å². The molecule has 1 N–H and O–H groups in total. The smallest absolute Gasteiger partial charge is 0.410 e. The third-order valence-corrected chi connectivity index (χ3v) is 7.66. The molecule has 0 radical (unpaired) electrons. The Balaban J connectivity index is 1.49. The van der Waals surface area contributed by atoms with E-state index in [2.05, 4.69) is 15.1 Å². The highest BCUT2D eigenvalue weighted by molar-refractivity contribution is 7.19. The minimum absolute atomic E-state index is 0.231. The van der Waals surface area contributed by atoms with E-state index in [-0.39, 0.29) is 12.4 Å². The molecule has 4 heterocycles. The van der Waals surface area contributed by atoms with Gasteiger partial charge in [-0.15, -0.1) is 11.3 Å². The standard InChI is InChI=1S/C29H36N6O5S/c1-5-39-24(36)10-7-11-35(28(37)40-29(2,3)4)18-19-16-23-25(41-19)27(34-12-14-38-15-13-34)32-26(31-23)20-8-6-9-22-21(20)17-30-33-22/h6,8-9,16-17H,5,7,10-15,18H2,1-4H3,(H,30,33). The molecule has 0 saturated carbocycles. The molecule has 1 aliphatic rings. The van der Waals surface area contributed by atoms with Gasteiger partial charge in [-0.3, -0.25) is 9.89 Å². The minimum atomic E-state index is -0.644. The van der Waals surface area contributed by atoms with Gasteiger partial charge in [-0.25, -0.2) is 14.8 Å². The van der Waals surface area contributed by atoms with Crippen molar-refractivity contribution in [1.29, 1.82) is 0 Å². The van der Waals surface area contributed by atoms with Gasteiger partial charge >= 0.3 is 12.1 Å². The van der Waals surface area contributed by atoms with E-state index in [9.17, 15) is 9.59 Å². The summed E-state index contributed by atoms with van der Waals surface area (Å²) in [4.78, 5) is 39.9. The zero-order valence-electron chi connectivity index (χ0n) is 23.9. The number of aromatic amines is 1. The maximum atomic E-state index is 13.2. The number of amides is 1. The molecule has 1 fully saturated rings. The number of benzene rings is 1. The number of ether oxygens (including phenoxy) is 3. The van der Waals surface area contributed by atoms with Crippen molar-refractivity contribution < 1.29 is 23.8 Å². The maximum Gasteiger partial charge on any atom is 0.410 e. The average Bonchev–Trinajstić information content (AvgIpc) is 3.58. The molecule has 0 aliphatic carbocycles. The number of H-pyrrole nitrogens is 1. The number of anilines is 1. The second kappa shape index (κ2) is 12.4. The maximum absolute atomic E-state index is 13.2. The van der Waals surface area contributed by atoms with Crippen LogP contribution in [0.1, 0.15) is 45.4 Å². The molecule has 41 heavy (non-hydrogen) atoms. The van der Waals surface area contributed by atoms with Gasteiger partial charge < -0.3 is 24.0 Å². The van der Waals surface area contributed by atoms with Crippen LogP contribution in [0.5, 0.6) is 0 Å². The Bertz CT molecular complexity index is 1520. The number of morpholine rings is 1. The Kier molecular flexibility index (Phi) is 8.69. The SMILES string of the molecule is CCOC(=O)CCCN(Cc1cc2nc(-c3cccc4[nH]ncc34)nc(N3CCOCC3)c2s1)C(=O)OC(C)(C)C. The van der Waals surface area contributed by atoms with E-state index in [0.29, 0.717) is 45.2 Å². The van der Waals surface area contributed by atoms with E-state index in [0.717, 1.165) is 50.5 Å². The molecule has 4 aromatic rings. The first-order chi connectivity index (χ1) is 19.7. The molecule has 1 saturated heterocycles. The predicted octanol–water partition coefficient (Wildman–Crippen LogP) is 5.15. The van der Waals surface area contributed by atoms with Gasteiger partial charge in [0.05, 0.1) is 48.3 Å². The Morgan fingerprint density at radius 1 is 1.20 bits per heavy atom. The molecule has 11 nitrogen and oxygen atoms in total. The molecule has 1 amide bonds. The van der Waals surface area contributed by atoms with Crippen molar-refractivity contribution >= 4 is 50.3 Å². The molecule has 5 rings (SSSR count). The number of fused-ring (bicyclic) bond motifs is 2. The fourth-order valence-corrected chi connectivity index (χ4v) is 5.84. The topological polar surface area (TPSA) is 123 Å². The fraction of sp³-hybridized carbons (Fsp3) is 0.483. The average molecular weight is 581 g/mol. The van der Waals surface area contributed by atoms with Crippen molar-refractivity contribution in [3.05, 3.63) is 35.3 Å². The first-order valence-corrected chi connectivity index (χ1v) is 14.7. The Morgan fingerprint density at radius 2 is 2.00 bits per heavy atom. The lowest BCUT2D eigenvalue weighted by Gasteiger charge is -2.28. The number of hydrogen-bond acceptors (Lipinski definition) is 10. The quantitative estimate of drug-likeness (QED) is 0.268. The second-order valence-electron chi connectivity index (χ2n) is 10.8. The fourth-order valence-electron chi connectivity index (χ4n) is 4.71. The van der Waals surface area contributed by atoms with E-state index >= 15 is 0 Å². The van der Waals surface area contributed by atoms with Crippen molar-refractivity contribution in [1.82, 2.24) is 25.1 Å². The molecule has 3 aromatic heterocycles. The largest absolute Gasteiger partial charge is 0.466 e. The number of aromatic nitrogens is 4. The highest BCUT2D eigenvalue weighted by atomic mass is 32.1. The predicted molar refractivity (Wildman–Crippen MR) is 158 cm³/mol. The summed E-state index contributed by atoms with van der Waals surface area (Å²) in [6, 6.07) is 7.96. The van der Waals surface area contributed by atoms with Crippen LogP contribution in [0.3, 0.4) is 0 Å². The number of esters is 1. The lowest BCUT2D eigenvalue weighted by Crippen LogP contribution is -2.37. The summed E-state index contributed by atoms with van der Waals surface area (Å²) in [5.74, 6) is 1.20. The molecule has 1 aromatic carbocycles. The number of nitrogens with one attached hydrogen (secondary N) is 1. The van der Waals surface area contributed by atoms with Crippen LogP contribution in [-0.2, 0) is 25.5 Å². The number of rotatable bonds is 9. The van der Waals surface area contributed by atoms with E-state index in [1.54, 1.807) is 29.4 Å². The first-order valence-electron chi connectivity index (χ1n) is 13.9. The molecule has 218 valence electrons. The van der Waals surface area contributed by atoms with Crippen molar-refractivity contribution in [2.24, 2.45) is 0 Å². The zero-order chi connectivity index (χ0) is 29.0. The summed E-state index contributed by atoms with van der Waals surface area (Å²) in [6.07, 6.45) is 2.07. The van der Waals surface area contributed by atoms with Crippen LogP contribution in [0, 0.1) is 0 Å². The Hall–Kier alpha value is -3.77. The summed E-state index contributed by atoms with van der Waals surface area (Å²) in [5.41, 5.74) is 1.98. The van der Waals surface area contributed by atoms with Gasteiger partial charge in [-0.1, -0.05) is 12.1 Å². The lowest BCUT2D eigenvalue weighted by atomic mass is 10.1. The van der Waals surface area contributed by atoms with Gasteiger partial charge in [-0.05, 0) is 46.2 Å². The van der Waals surface area contributed by atoms with Gasteiger partial charge in [0.2, 0.25) is 0 Å². The number of thiophene rings is 1. The molecule has 0 bridgehead atoms. The number of carbonyl (C=O) groups excluding carboxylic acids is 2. The summed E-state index contributed by atoms with van der Waals surface area (Å²) in [7, 11) is 0. The van der Waals surface area contributed by atoms with Crippen LogP contribution >= 0.6 is 11.3 Å². The Morgan fingerprint density at radius 3 is 2.76 bits per heavy atom. The first kappa shape index (κ1) is 28.7. The van der Waals surface area contributed by atoms with Crippen LogP contribution in [0.25, 0.3) is 32.5 Å². The number of nitrogens with zero attached hydrogens (tertiary/aromatic N) is 5. The van der Waals surface area contributed by atoms with Crippen LogP contribution in [0.2, 0.25) is 0 Å². The molecule has 0 atom stereocenters. The molecule has 0 spiro atoms.